The number of allylic oxidation sites excluding steroid dienone is 1. The van der Waals surface area contributed by atoms with E-state index in [0.717, 1.165) is 11.3 Å². The van der Waals surface area contributed by atoms with Crippen LogP contribution in [0.3, 0.4) is 0 Å². The van der Waals surface area contributed by atoms with E-state index in [-0.39, 0.29) is 16.6 Å². The molecule has 0 radical (unpaired) electrons. The highest BCUT2D eigenvalue weighted by Crippen LogP contribution is 2.15. The van der Waals surface area contributed by atoms with Crippen molar-refractivity contribution >= 4 is 27.5 Å². The molecule has 0 bridgehead atoms. The third kappa shape index (κ3) is 4.13. The van der Waals surface area contributed by atoms with Crippen molar-refractivity contribution in [2.45, 2.75) is 17.7 Å². The Kier molecular flexibility index (Phi) is 4.70. The summed E-state index contributed by atoms with van der Waals surface area (Å²) in [5, 5.41) is 3.92. The van der Waals surface area contributed by atoms with E-state index < -0.39 is 9.84 Å². The van der Waals surface area contributed by atoms with Gasteiger partial charge in [0.1, 0.15) is 0 Å². The molecule has 1 aliphatic heterocycles. The van der Waals surface area contributed by atoms with Gasteiger partial charge < -0.3 is 0 Å². The van der Waals surface area contributed by atoms with Gasteiger partial charge in [-0.1, -0.05) is 24.3 Å². The lowest BCUT2D eigenvalue weighted by Gasteiger charge is -2.08. The van der Waals surface area contributed by atoms with Crippen LogP contribution in [0, 0.1) is 0 Å². The van der Waals surface area contributed by atoms with Crippen molar-refractivity contribution in [3.8, 4) is 0 Å². The Morgan fingerprint density at radius 2 is 2.10 bits per heavy atom. The number of benzene rings is 1. The molecule has 1 aromatic carbocycles. The predicted octanol–water partition coefficient (Wildman–Crippen LogP) is 1.93. The molecule has 0 saturated carbocycles. The van der Waals surface area contributed by atoms with Gasteiger partial charge in [-0.05, 0) is 23.8 Å². The second kappa shape index (κ2) is 6.49. The number of carbonyl (C=O) groups is 1. The molecule has 110 valence electrons. The average molecular weight is 304 g/mol. The molecule has 1 amide bonds. The fourth-order valence-corrected chi connectivity index (χ4v) is 2.97. The first-order chi connectivity index (χ1) is 10.0. The highest BCUT2D eigenvalue weighted by Gasteiger charge is 2.12. The van der Waals surface area contributed by atoms with E-state index >= 15 is 0 Å². The number of rotatable bonds is 5. The monoisotopic (exact) mass is 304 g/mol. The van der Waals surface area contributed by atoms with Gasteiger partial charge in [0.15, 0.2) is 9.84 Å². The van der Waals surface area contributed by atoms with E-state index in [1.807, 2.05) is 6.07 Å². The Hall–Kier alpha value is -2.21. The average Bonchev–Trinajstić information content (AvgIpc) is 2.47. The fourth-order valence-electron chi connectivity index (χ4n) is 1.86. The number of amides is 1. The van der Waals surface area contributed by atoms with Crippen molar-refractivity contribution in [3.63, 3.8) is 0 Å². The summed E-state index contributed by atoms with van der Waals surface area (Å²) in [5.74, 6) is -0.177. The maximum absolute atomic E-state index is 12.0. The molecule has 21 heavy (non-hydrogen) atoms. The maximum atomic E-state index is 12.0. The van der Waals surface area contributed by atoms with Crippen molar-refractivity contribution in [1.82, 2.24) is 5.43 Å². The van der Waals surface area contributed by atoms with Crippen LogP contribution in [0.2, 0.25) is 0 Å². The quantitative estimate of drug-likeness (QED) is 0.844. The number of nitrogens with zero attached hydrogens (tertiary/aromatic N) is 1. The first kappa shape index (κ1) is 15.2. The van der Waals surface area contributed by atoms with Crippen LogP contribution in [0.15, 0.2) is 53.0 Å². The van der Waals surface area contributed by atoms with Gasteiger partial charge in [-0.2, -0.15) is 5.10 Å². The minimum Gasteiger partial charge on any atom is -0.273 e. The SMILES string of the molecule is C=CCS(=O)(=O)c1cccc(C=CC2=NNC(=O)CC2)c1. The number of sulfone groups is 1. The Labute approximate surface area is 124 Å². The Balaban J connectivity index is 2.18. The zero-order valence-electron chi connectivity index (χ0n) is 11.5. The van der Waals surface area contributed by atoms with Gasteiger partial charge in [-0.3, -0.25) is 4.79 Å². The molecule has 6 heteroatoms. The summed E-state index contributed by atoms with van der Waals surface area (Å²) in [6.45, 7) is 3.45. The largest absolute Gasteiger partial charge is 0.273 e. The molecule has 1 aromatic rings. The fraction of sp³-hybridized carbons (Fsp3) is 0.200. The molecule has 0 fully saturated rings. The minimum absolute atomic E-state index is 0.0844. The summed E-state index contributed by atoms with van der Waals surface area (Å²) >= 11 is 0. The van der Waals surface area contributed by atoms with Gasteiger partial charge >= 0.3 is 0 Å². The van der Waals surface area contributed by atoms with Crippen LogP contribution >= 0.6 is 0 Å². The molecule has 1 aliphatic rings. The normalized spacial score (nSPS) is 15.6. The summed E-state index contributed by atoms with van der Waals surface area (Å²) in [5.41, 5.74) is 3.93. The highest BCUT2D eigenvalue weighted by molar-refractivity contribution is 7.91. The van der Waals surface area contributed by atoms with Crippen LogP contribution in [-0.4, -0.2) is 25.8 Å². The Morgan fingerprint density at radius 1 is 1.29 bits per heavy atom. The standard InChI is InChI=1S/C15H16N2O3S/c1-2-10-21(19,20)14-5-3-4-12(11-14)6-7-13-8-9-15(18)17-16-13/h2-7,11H,1,8-10H2,(H,17,18). The molecule has 5 nitrogen and oxygen atoms in total. The van der Waals surface area contributed by atoms with Gasteiger partial charge in [0.25, 0.3) is 0 Å². The zero-order chi connectivity index (χ0) is 15.3. The minimum atomic E-state index is -3.32. The smallest absolute Gasteiger partial charge is 0.240 e. The van der Waals surface area contributed by atoms with Gasteiger partial charge in [0.2, 0.25) is 5.91 Å². The van der Waals surface area contributed by atoms with Gasteiger partial charge in [0, 0.05) is 12.8 Å². The Morgan fingerprint density at radius 3 is 2.76 bits per heavy atom. The molecule has 1 heterocycles. The van der Waals surface area contributed by atoms with Crippen LogP contribution in [-0.2, 0) is 14.6 Å². The van der Waals surface area contributed by atoms with Crippen molar-refractivity contribution in [2.24, 2.45) is 5.10 Å². The molecule has 0 spiro atoms. The molecule has 2 rings (SSSR count). The summed E-state index contributed by atoms with van der Waals surface area (Å²) in [6, 6.07) is 6.68. The molecule has 0 saturated heterocycles. The molecule has 0 atom stereocenters. The zero-order valence-corrected chi connectivity index (χ0v) is 12.3. The van der Waals surface area contributed by atoms with Crippen molar-refractivity contribution in [3.05, 3.63) is 48.6 Å². The number of carbonyl (C=O) groups excluding carboxylic acids is 1. The predicted molar refractivity (Wildman–Crippen MR) is 82.5 cm³/mol. The molecule has 1 N–H and O–H groups in total. The van der Waals surface area contributed by atoms with Crippen molar-refractivity contribution < 1.29 is 13.2 Å². The lowest BCUT2D eigenvalue weighted by atomic mass is 10.1. The van der Waals surface area contributed by atoms with Crippen LogP contribution in [0.4, 0.5) is 0 Å². The van der Waals surface area contributed by atoms with Gasteiger partial charge in [-0.15, -0.1) is 6.58 Å². The van der Waals surface area contributed by atoms with Crippen LogP contribution in [0.1, 0.15) is 18.4 Å². The third-order valence-corrected chi connectivity index (χ3v) is 4.60. The molecular weight excluding hydrogens is 288 g/mol. The summed E-state index contributed by atoms with van der Waals surface area (Å²) in [4.78, 5) is 11.2. The summed E-state index contributed by atoms with van der Waals surface area (Å²) in [7, 11) is -3.32. The van der Waals surface area contributed by atoms with Gasteiger partial charge in [0.05, 0.1) is 16.4 Å². The first-order valence-electron chi connectivity index (χ1n) is 6.48. The van der Waals surface area contributed by atoms with Crippen LogP contribution in [0.5, 0.6) is 0 Å². The third-order valence-electron chi connectivity index (χ3n) is 2.96. The highest BCUT2D eigenvalue weighted by atomic mass is 32.2. The summed E-state index contributed by atoms with van der Waals surface area (Å²) in [6.07, 6.45) is 5.92. The second-order valence-electron chi connectivity index (χ2n) is 4.61. The van der Waals surface area contributed by atoms with Crippen molar-refractivity contribution in [1.29, 1.82) is 0 Å². The van der Waals surface area contributed by atoms with Gasteiger partial charge in [-0.25, -0.2) is 13.8 Å². The topological polar surface area (TPSA) is 75.6 Å². The van der Waals surface area contributed by atoms with E-state index in [1.54, 1.807) is 30.4 Å². The molecule has 0 aromatic heterocycles. The second-order valence-corrected chi connectivity index (χ2v) is 6.65. The number of hydrogen-bond donors (Lipinski definition) is 1. The van der Waals surface area contributed by atoms with Crippen LogP contribution in [0.25, 0.3) is 6.08 Å². The molecular formula is C15H16N2O3S. The van der Waals surface area contributed by atoms with Crippen LogP contribution < -0.4 is 5.43 Å². The maximum Gasteiger partial charge on any atom is 0.240 e. The molecule has 0 aliphatic carbocycles. The van der Waals surface area contributed by atoms with Crippen molar-refractivity contribution in [2.75, 3.05) is 5.75 Å². The van der Waals surface area contributed by atoms with E-state index in [1.165, 1.54) is 6.08 Å². The number of nitrogens with one attached hydrogen (secondary N) is 1. The number of hydrogen-bond acceptors (Lipinski definition) is 4. The lowest BCUT2D eigenvalue weighted by Crippen LogP contribution is -2.24. The van der Waals surface area contributed by atoms with E-state index in [4.69, 9.17) is 0 Å². The Bertz CT molecular complexity index is 718. The first-order valence-corrected chi connectivity index (χ1v) is 8.14. The molecule has 0 unspecified atom stereocenters. The lowest BCUT2D eigenvalue weighted by molar-refractivity contribution is -0.121. The van der Waals surface area contributed by atoms with E-state index in [0.29, 0.717) is 12.8 Å². The number of hydrazone groups is 1. The van der Waals surface area contributed by atoms with E-state index in [9.17, 15) is 13.2 Å². The van der Waals surface area contributed by atoms with E-state index in [2.05, 4.69) is 17.1 Å². The summed E-state index contributed by atoms with van der Waals surface area (Å²) < 4.78 is 23.9.